The van der Waals surface area contributed by atoms with E-state index >= 15 is 0 Å². The van der Waals surface area contributed by atoms with Crippen LogP contribution in [0.2, 0.25) is 0 Å². The fourth-order valence-electron chi connectivity index (χ4n) is 1.72. The van der Waals surface area contributed by atoms with Gasteiger partial charge in [0, 0.05) is 15.7 Å². The third-order valence-electron chi connectivity index (χ3n) is 2.43. The normalized spacial score (nSPS) is 12.4. The summed E-state index contributed by atoms with van der Waals surface area (Å²) in [6.07, 6.45) is 0.218. The van der Waals surface area contributed by atoms with Crippen molar-refractivity contribution in [2.24, 2.45) is 5.73 Å². The van der Waals surface area contributed by atoms with Crippen LogP contribution in [0, 0.1) is 0 Å². The SMILES string of the molecule is CCOC(=O)C[C@H](N)c1ccccc1SC(C)(C)C.Cl. The summed E-state index contributed by atoms with van der Waals surface area (Å²) in [5.74, 6) is -0.245. The predicted molar refractivity (Wildman–Crippen MR) is 87.5 cm³/mol. The highest BCUT2D eigenvalue weighted by molar-refractivity contribution is 8.00. The molecule has 0 fully saturated rings. The molecule has 0 aliphatic heterocycles. The highest BCUT2D eigenvalue weighted by Gasteiger charge is 2.19. The molecule has 0 spiro atoms. The van der Waals surface area contributed by atoms with Crippen molar-refractivity contribution in [1.29, 1.82) is 0 Å². The van der Waals surface area contributed by atoms with Gasteiger partial charge >= 0.3 is 5.97 Å². The Kier molecular flexibility index (Phi) is 8.25. The van der Waals surface area contributed by atoms with E-state index in [0.717, 1.165) is 10.5 Å². The van der Waals surface area contributed by atoms with Crippen molar-refractivity contribution in [3.05, 3.63) is 29.8 Å². The lowest BCUT2D eigenvalue weighted by molar-refractivity contribution is -0.143. The van der Waals surface area contributed by atoms with Crippen molar-refractivity contribution in [3.63, 3.8) is 0 Å². The quantitative estimate of drug-likeness (QED) is 0.660. The number of halogens is 1. The Morgan fingerprint density at radius 3 is 2.50 bits per heavy atom. The van der Waals surface area contributed by atoms with Crippen LogP contribution in [0.4, 0.5) is 0 Å². The van der Waals surface area contributed by atoms with Gasteiger partial charge < -0.3 is 10.5 Å². The molecule has 0 amide bonds. The van der Waals surface area contributed by atoms with Gasteiger partial charge in [-0.1, -0.05) is 39.0 Å². The average molecular weight is 318 g/mol. The van der Waals surface area contributed by atoms with Crippen LogP contribution in [0.5, 0.6) is 0 Å². The second-order valence-corrected chi connectivity index (χ2v) is 7.24. The van der Waals surface area contributed by atoms with Crippen molar-refractivity contribution in [2.75, 3.05) is 6.61 Å². The van der Waals surface area contributed by atoms with Crippen LogP contribution in [-0.2, 0) is 9.53 Å². The number of hydrogen-bond acceptors (Lipinski definition) is 4. The van der Waals surface area contributed by atoms with Gasteiger partial charge in [0.1, 0.15) is 0 Å². The van der Waals surface area contributed by atoms with Crippen LogP contribution in [0.1, 0.15) is 45.7 Å². The monoisotopic (exact) mass is 317 g/mol. The van der Waals surface area contributed by atoms with Gasteiger partial charge in [-0.25, -0.2) is 0 Å². The fourth-order valence-corrected chi connectivity index (χ4v) is 2.86. The number of nitrogens with two attached hydrogens (primary N) is 1. The van der Waals surface area contributed by atoms with E-state index in [-0.39, 0.29) is 35.6 Å². The number of thioether (sulfide) groups is 1. The minimum atomic E-state index is -0.315. The zero-order chi connectivity index (χ0) is 14.5. The maximum Gasteiger partial charge on any atom is 0.307 e. The zero-order valence-electron chi connectivity index (χ0n) is 12.5. The molecule has 1 rings (SSSR count). The summed E-state index contributed by atoms with van der Waals surface area (Å²) < 4.78 is 5.06. The summed E-state index contributed by atoms with van der Waals surface area (Å²) in [6.45, 7) is 8.67. The highest BCUT2D eigenvalue weighted by atomic mass is 35.5. The lowest BCUT2D eigenvalue weighted by atomic mass is 10.1. The molecule has 0 aliphatic rings. The molecule has 0 aromatic heterocycles. The van der Waals surface area contributed by atoms with Crippen LogP contribution < -0.4 is 5.73 Å². The lowest BCUT2D eigenvalue weighted by Crippen LogP contribution is -2.18. The first-order valence-electron chi connectivity index (χ1n) is 6.52. The molecule has 1 aromatic carbocycles. The molecule has 20 heavy (non-hydrogen) atoms. The number of rotatable bonds is 5. The first-order chi connectivity index (χ1) is 8.83. The molecule has 5 heteroatoms. The van der Waals surface area contributed by atoms with E-state index in [9.17, 15) is 4.79 Å². The van der Waals surface area contributed by atoms with Crippen molar-refractivity contribution in [1.82, 2.24) is 0 Å². The molecule has 0 heterocycles. The molecule has 0 bridgehead atoms. The summed E-state index contributed by atoms with van der Waals surface area (Å²) >= 11 is 1.76. The van der Waals surface area contributed by atoms with Gasteiger partial charge in [0.25, 0.3) is 0 Å². The maximum atomic E-state index is 11.5. The van der Waals surface area contributed by atoms with Crippen LogP contribution >= 0.6 is 24.2 Å². The van der Waals surface area contributed by atoms with E-state index in [1.54, 1.807) is 18.7 Å². The van der Waals surface area contributed by atoms with Gasteiger partial charge in [-0.2, -0.15) is 0 Å². The Morgan fingerprint density at radius 2 is 1.95 bits per heavy atom. The Hall–Kier alpha value is -0.710. The summed E-state index contributed by atoms with van der Waals surface area (Å²) in [4.78, 5) is 12.6. The summed E-state index contributed by atoms with van der Waals surface area (Å²) in [5, 5.41) is 0. The van der Waals surface area contributed by atoms with Crippen molar-refractivity contribution >= 4 is 30.1 Å². The third kappa shape index (κ3) is 6.64. The first kappa shape index (κ1) is 19.3. The van der Waals surface area contributed by atoms with E-state index in [2.05, 4.69) is 26.8 Å². The minimum Gasteiger partial charge on any atom is -0.466 e. The molecule has 0 saturated heterocycles. The largest absolute Gasteiger partial charge is 0.466 e. The molecular weight excluding hydrogens is 294 g/mol. The molecular formula is C15H24ClNO2S. The van der Waals surface area contributed by atoms with Gasteiger partial charge in [0.15, 0.2) is 0 Å². The number of ether oxygens (including phenoxy) is 1. The molecule has 1 aromatic rings. The van der Waals surface area contributed by atoms with Crippen LogP contribution in [-0.4, -0.2) is 17.3 Å². The Balaban J connectivity index is 0.00000361. The molecule has 2 N–H and O–H groups in total. The van der Waals surface area contributed by atoms with Crippen LogP contribution in [0.15, 0.2) is 29.2 Å². The number of benzene rings is 1. The van der Waals surface area contributed by atoms with Crippen LogP contribution in [0.25, 0.3) is 0 Å². The van der Waals surface area contributed by atoms with Crippen LogP contribution in [0.3, 0.4) is 0 Å². The van der Waals surface area contributed by atoms with Crippen molar-refractivity contribution < 1.29 is 9.53 Å². The maximum absolute atomic E-state index is 11.5. The zero-order valence-corrected chi connectivity index (χ0v) is 14.1. The molecule has 114 valence electrons. The van der Waals surface area contributed by atoms with E-state index in [1.165, 1.54) is 0 Å². The lowest BCUT2D eigenvalue weighted by Gasteiger charge is -2.22. The molecule has 3 nitrogen and oxygen atoms in total. The smallest absolute Gasteiger partial charge is 0.307 e. The Bertz CT molecular complexity index is 432. The van der Waals surface area contributed by atoms with Crippen molar-refractivity contribution in [3.8, 4) is 0 Å². The predicted octanol–water partition coefficient (Wildman–Crippen LogP) is 3.95. The Morgan fingerprint density at radius 1 is 1.35 bits per heavy atom. The average Bonchev–Trinajstić information content (AvgIpc) is 2.27. The summed E-state index contributed by atoms with van der Waals surface area (Å²) in [7, 11) is 0. The van der Waals surface area contributed by atoms with Gasteiger partial charge in [0.05, 0.1) is 13.0 Å². The standard InChI is InChI=1S/C15H23NO2S.ClH/c1-5-18-14(17)10-12(16)11-8-6-7-9-13(11)19-15(2,3)4;/h6-9,12H,5,10,16H2,1-4H3;1H/t12-;/m0./s1. The van der Waals surface area contributed by atoms with Crippen molar-refractivity contribution in [2.45, 2.75) is 49.8 Å². The number of esters is 1. The topological polar surface area (TPSA) is 52.3 Å². The van der Waals surface area contributed by atoms with Gasteiger partial charge in [-0.3, -0.25) is 4.79 Å². The second-order valence-electron chi connectivity index (χ2n) is 5.37. The molecule has 0 aliphatic carbocycles. The van der Waals surface area contributed by atoms with Gasteiger partial charge in [-0.15, -0.1) is 24.2 Å². The summed E-state index contributed by atoms with van der Waals surface area (Å²) in [6, 6.07) is 7.67. The number of carbonyl (C=O) groups is 1. The second kappa shape index (κ2) is 8.55. The van der Waals surface area contributed by atoms with E-state index < -0.39 is 0 Å². The van der Waals surface area contributed by atoms with Gasteiger partial charge in [-0.05, 0) is 18.6 Å². The molecule has 0 unspecified atom stereocenters. The molecule has 0 saturated carbocycles. The summed E-state index contributed by atoms with van der Waals surface area (Å²) in [5.41, 5.74) is 7.14. The minimum absolute atomic E-state index is 0. The molecule has 0 radical (unpaired) electrons. The number of hydrogen-bond donors (Lipinski definition) is 1. The first-order valence-corrected chi connectivity index (χ1v) is 7.34. The van der Waals surface area contributed by atoms with E-state index in [0.29, 0.717) is 6.61 Å². The van der Waals surface area contributed by atoms with Gasteiger partial charge in [0.2, 0.25) is 0 Å². The molecule has 1 atom stereocenters. The van der Waals surface area contributed by atoms with E-state index in [1.807, 2.05) is 18.2 Å². The van der Waals surface area contributed by atoms with E-state index in [4.69, 9.17) is 10.5 Å². The third-order valence-corrected chi connectivity index (χ3v) is 3.63. The highest BCUT2D eigenvalue weighted by Crippen LogP contribution is 2.36. The fraction of sp³-hybridized carbons (Fsp3) is 0.533. The Labute approximate surface area is 132 Å². The number of carbonyl (C=O) groups excluding carboxylic acids is 1.